The summed E-state index contributed by atoms with van der Waals surface area (Å²) in [4.78, 5) is 14.8. The van der Waals surface area contributed by atoms with Crippen LogP contribution in [0.1, 0.15) is 25.7 Å². The zero-order valence-corrected chi connectivity index (χ0v) is 18.1. The number of carbonyl (C=O) groups excluding carboxylic acids is 1. The van der Waals surface area contributed by atoms with Gasteiger partial charge in [0.05, 0.1) is 17.7 Å². The van der Waals surface area contributed by atoms with Crippen LogP contribution >= 0.6 is 11.6 Å². The van der Waals surface area contributed by atoms with Gasteiger partial charge in [0.25, 0.3) is 10.0 Å². The molecule has 0 unspecified atom stereocenters. The molecule has 0 saturated heterocycles. The lowest BCUT2D eigenvalue weighted by Crippen LogP contribution is -2.44. The Morgan fingerprint density at radius 2 is 1.79 bits per heavy atom. The van der Waals surface area contributed by atoms with E-state index in [1.165, 1.54) is 25.3 Å². The van der Waals surface area contributed by atoms with Crippen LogP contribution in [0.5, 0.6) is 5.75 Å². The number of hydrogen-bond acceptors (Lipinski definition) is 4. The van der Waals surface area contributed by atoms with Crippen molar-refractivity contribution in [2.45, 2.75) is 36.6 Å². The highest BCUT2D eigenvalue weighted by Crippen LogP contribution is 2.35. The highest BCUT2D eigenvalue weighted by molar-refractivity contribution is 7.92. The molecule has 8 heteroatoms. The van der Waals surface area contributed by atoms with Crippen molar-refractivity contribution >= 4 is 33.2 Å². The second-order valence-electron chi connectivity index (χ2n) is 7.08. The molecule has 2 aromatic rings. The lowest BCUT2D eigenvalue weighted by atomic mass is 10.2. The van der Waals surface area contributed by atoms with Gasteiger partial charge in [0.2, 0.25) is 5.91 Å². The minimum Gasteiger partial charge on any atom is -0.495 e. The van der Waals surface area contributed by atoms with Crippen LogP contribution in [-0.4, -0.2) is 46.0 Å². The van der Waals surface area contributed by atoms with Crippen molar-refractivity contribution in [2.24, 2.45) is 0 Å². The first-order valence-corrected chi connectivity index (χ1v) is 11.3. The third-order valence-corrected chi connectivity index (χ3v) is 7.29. The molecular formula is C21H25ClN2O4S. The Kier molecular flexibility index (Phi) is 6.70. The van der Waals surface area contributed by atoms with Crippen molar-refractivity contribution in [3.63, 3.8) is 0 Å². The number of hydrogen-bond donors (Lipinski definition) is 0. The van der Waals surface area contributed by atoms with E-state index in [0.29, 0.717) is 10.8 Å². The van der Waals surface area contributed by atoms with E-state index in [0.717, 1.165) is 30.0 Å². The summed E-state index contributed by atoms with van der Waals surface area (Å²) in [7, 11) is -0.821. The van der Waals surface area contributed by atoms with Crippen molar-refractivity contribution in [1.29, 1.82) is 0 Å². The molecule has 1 fully saturated rings. The van der Waals surface area contributed by atoms with Crippen molar-refractivity contribution in [2.75, 3.05) is 25.0 Å². The van der Waals surface area contributed by atoms with Crippen LogP contribution in [0.25, 0.3) is 0 Å². The normalized spacial score (nSPS) is 14.6. The largest absolute Gasteiger partial charge is 0.495 e. The van der Waals surface area contributed by atoms with Crippen LogP contribution in [0.2, 0.25) is 5.02 Å². The van der Waals surface area contributed by atoms with E-state index in [1.807, 2.05) is 0 Å². The Hall–Kier alpha value is -2.25. The molecule has 0 aromatic heterocycles. The summed E-state index contributed by atoms with van der Waals surface area (Å²) in [5.74, 6) is 0.0589. The standard InChI is InChI=1S/C21H25ClN2O4S/c1-23(17-8-6-7-9-17)21(25)15-24(19-14-16(22)12-13-20(19)28-2)29(26,27)18-10-4-3-5-11-18/h3-5,10-14,17H,6-9,15H2,1-2H3. The molecule has 0 radical (unpaired) electrons. The fourth-order valence-corrected chi connectivity index (χ4v) is 5.21. The molecule has 0 bridgehead atoms. The number of benzene rings is 2. The van der Waals surface area contributed by atoms with Crippen LogP contribution in [0.15, 0.2) is 53.4 Å². The number of nitrogens with zero attached hydrogens (tertiary/aromatic N) is 2. The number of amides is 1. The van der Waals surface area contributed by atoms with Gasteiger partial charge in [0.15, 0.2) is 0 Å². The van der Waals surface area contributed by atoms with Crippen molar-refractivity contribution in [3.8, 4) is 5.75 Å². The molecule has 0 spiro atoms. The summed E-state index contributed by atoms with van der Waals surface area (Å²) in [6.07, 6.45) is 4.04. The third-order valence-electron chi connectivity index (χ3n) is 5.29. The molecule has 0 atom stereocenters. The van der Waals surface area contributed by atoms with Gasteiger partial charge in [-0.1, -0.05) is 42.6 Å². The third kappa shape index (κ3) is 4.67. The first-order valence-electron chi connectivity index (χ1n) is 9.51. The monoisotopic (exact) mass is 436 g/mol. The number of sulfonamides is 1. The molecule has 1 aliphatic rings. The fraction of sp³-hybridized carbons (Fsp3) is 0.381. The van der Waals surface area contributed by atoms with Crippen LogP contribution in [0.4, 0.5) is 5.69 Å². The van der Waals surface area contributed by atoms with Gasteiger partial charge in [-0.2, -0.15) is 0 Å². The average molecular weight is 437 g/mol. The number of rotatable bonds is 7. The zero-order valence-electron chi connectivity index (χ0n) is 16.5. The number of halogens is 1. The van der Waals surface area contributed by atoms with Gasteiger partial charge >= 0.3 is 0 Å². The maximum atomic E-state index is 13.4. The van der Waals surface area contributed by atoms with E-state index >= 15 is 0 Å². The highest BCUT2D eigenvalue weighted by atomic mass is 35.5. The SMILES string of the molecule is COc1ccc(Cl)cc1N(CC(=O)N(C)C1CCCC1)S(=O)(=O)c1ccccc1. The topological polar surface area (TPSA) is 66.9 Å². The molecule has 0 heterocycles. The molecule has 1 amide bonds. The number of ether oxygens (including phenoxy) is 1. The van der Waals surface area contributed by atoms with Crippen LogP contribution < -0.4 is 9.04 Å². The second kappa shape index (κ2) is 9.05. The Morgan fingerprint density at radius 1 is 1.14 bits per heavy atom. The number of methoxy groups -OCH3 is 1. The maximum Gasteiger partial charge on any atom is 0.264 e. The molecule has 3 rings (SSSR count). The zero-order chi connectivity index (χ0) is 21.0. The quantitative estimate of drug-likeness (QED) is 0.659. The summed E-state index contributed by atoms with van der Waals surface area (Å²) < 4.78 is 33.3. The molecule has 29 heavy (non-hydrogen) atoms. The van der Waals surface area contributed by atoms with Crippen LogP contribution in [0, 0.1) is 0 Å². The minimum atomic E-state index is -4.01. The van der Waals surface area contributed by atoms with Crippen molar-refractivity contribution < 1.29 is 17.9 Å². The number of carbonyl (C=O) groups is 1. The lowest BCUT2D eigenvalue weighted by Gasteiger charge is -2.30. The second-order valence-corrected chi connectivity index (χ2v) is 9.38. The van der Waals surface area contributed by atoms with Crippen molar-refractivity contribution in [1.82, 2.24) is 4.90 Å². The van der Waals surface area contributed by atoms with Crippen LogP contribution in [0.3, 0.4) is 0 Å². The summed E-state index contributed by atoms with van der Waals surface area (Å²) in [5.41, 5.74) is 0.233. The number of anilines is 1. The summed E-state index contributed by atoms with van der Waals surface area (Å²) >= 11 is 6.14. The van der Waals surface area contributed by atoms with Gasteiger partial charge in [-0.15, -0.1) is 0 Å². The highest BCUT2D eigenvalue weighted by Gasteiger charge is 2.32. The Labute approximate surface area is 177 Å². The van der Waals surface area contributed by atoms with Gasteiger partial charge in [-0.05, 0) is 43.2 Å². The lowest BCUT2D eigenvalue weighted by molar-refractivity contribution is -0.130. The van der Waals surface area contributed by atoms with Gasteiger partial charge < -0.3 is 9.64 Å². The summed E-state index contributed by atoms with van der Waals surface area (Å²) in [5, 5.41) is 0.352. The number of likely N-dealkylation sites (N-methyl/N-ethyl adjacent to an activating group) is 1. The molecule has 2 aromatic carbocycles. The predicted molar refractivity (Wildman–Crippen MR) is 114 cm³/mol. The Balaban J connectivity index is 2.02. The van der Waals surface area contributed by atoms with Gasteiger partial charge in [-0.25, -0.2) is 8.42 Å². The molecule has 0 aliphatic heterocycles. The molecule has 1 aliphatic carbocycles. The molecule has 0 N–H and O–H groups in total. The molecule has 156 valence electrons. The Morgan fingerprint density at radius 3 is 2.41 bits per heavy atom. The summed E-state index contributed by atoms with van der Waals surface area (Å²) in [6, 6.07) is 12.9. The van der Waals surface area contributed by atoms with Crippen LogP contribution in [-0.2, 0) is 14.8 Å². The molecule has 1 saturated carbocycles. The van der Waals surface area contributed by atoms with Gasteiger partial charge in [-0.3, -0.25) is 9.10 Å². The fourth-order valence-electron chi connectivity index (χ4n) is 3.61. The van der Waals surface area contributed by atoms with E-state index < -0.39 is 10.0 Å². The minimum absolute atomic E-state index is 0.0957. The smallest absolute Gasteiger partial charge is 0.264 e. The maximum absolute atomic E-state index is 13.4. The average Bonchev–Trinajstić information content (AvgIpc) is 3.26. The first kappa shape index (κ1) is 21.5. The summed E-state index contributed by atoms with van der Waals surface area (Å²) in [6.45, 7) is -0.332. The Bertz CT molecular complexity index is 960. The van der Waals surface area contributed by atoms with E-state index in [4.69, 9.17) is 16.3 Å². The van der Waals surface area contributed by atoms with E-state index in [9.17, 15) is 13.2 Å². The van der Waals surface area contributed by atoms with E-state index in [2.05, 4.69) is 0 Å². The van der Waals surface area contributed by atoms with E-state index in [1.54, 1.807) is 42.3 Å². The molecule has 6 nitrogen and oxygen atoms in total. The van der Waals surface area contributed by atoms with Gasteiger partial charge in [0.1, 0.15) is 12.3 Å². The van der Waals surface area contributed by atoms with E-state index in [-0.39, 0.29) is 29.1 Å². The predicted octanol–water partition coefficient (Wildman–Crippen LogP) is 3.94. The molecular weight excluding hydrogens is 412 g/mol. The van der Waals surface area contributed by atoms with Gasteiger partial charge in [0, 0.05) is 18.1 Å². The van der Waals surface area contributed by atoms with Crippen molar-refractivity contribution in [3.05, 3.63) is 53.6 Å². The first-order chi connectivity index (χ1) is 13.8.